The van der Waals surface area contributed by atoms with Gasteiger partial charge in [-0.3, -0.25) is 24.4 Å². The number of nitrogens with one attached hydrogen (secondary N) is 2. The van der Waals surface area contributed by atoms with Crippen molar-refractivity contribution in [1.29, 1.82) is 0 Å². The van der Waals surface area contributed by atoms with E-state index in [0.29, 0.717) is 5.56 Å². The quantitative estimate of drug-likeness (QED) is 0.253. The van der Waals surface area contributed by atoms with Gasteiger partial charge in [0.2, 0.25) is 17.7 Å². The van der Waals surface area contributed by atoms with E-state index in [4.69, 9.17) is 17.3 Å². The SMILES string of the molecule is C[C@H](NC(=O)[C@H](C)NC(=O)[C@H](Cc1ccccc1)N(O)C(=O)CCl)C(N)=O. The molecule has 0 spiro atoms. The molecule has 0 aliphatic carbocycles. The summed E-state index contributed by atoms with van der Waals surface area (Å²) in [4.78, 5) is 47.3. The van der Waals surface area contributed by atoms with Crippen molar-refractivity contribution in [2.24, 2.45) is 5.73 Å². The first kappa shape index (κ1) is 22.4. The van der Waals surface area contributed by atoms with Crippen LogP contribution in [0.4, 0.5) is 0 Å². The Hall–Kier alpha value is -2.65. The molecular formula is C17H23ClN4O5. The molecule has 3 atom stereocenters. The summed E-state index contributed by atoms with van der Waals surface area (Å²) in [5.41, 5.74) is 5.77. The second-order valence-corrected chi connectivity index (χ2v) is 6.21. The van der Waals surface area contributed by atoms with Crippen LogP contribution < -0.4 is 16.4 Å². The maximum atomic E-state index is 12.6. The van der Waals surface area contributed by atoms with Crippen LogP contribution in [0.25, 0.3) is 0 Å². The summed E-state index contributed by atoms with van der Waals surface area (Å²) < 4.78 is 0. The number of carbonyl (C=O) groups is 4. The molecule has 5 N–H and O–H groups in total. The van der Waals surface area contributed by atoms with E-state index in [-0.39, 0.29) is 11.5 Å². The summed E-state index contributed by atoms with van der Waals surface area (Å²) in [5.74, 6) is -3.48. The molecule has 4 amide bonds. The number of carbonyl (C=O) groups excluding carboxylic acids is 4. The van der Waals surface area contributed by atoms with Gasteiger partial charge in [-0.25, -0.2) is 5.06 Å². The highest BCUT2D eigenvalue weighted by Gasteiger charge is 2.31. The Kier molecular flexibility index (Phi) is 8.70. The van der Waals surface area contributed by atoms with Gasteiger partial charge in [-0.15, -0.1) is 11.6 Å². The van der Waals surface area contributed by atoms with E-state index in [2.05, 4.69) is 10.6 Å². The monoisotopic (exact) mass is 398 g/mol. The van der Waals surface area contributed by atoms with Gasteiger partial charge in [-0.1, -0.05) is 30.3 Å². The van der Waals surface area contributed by atoms with E-state index in [1.807, 2.05) is 0 Å². The third kappa shape index (κ3) is 6.87. The number of nitrogens with two attached hydrogens (primary N) is 1. The van der Waals surface area contributed by atoms with E-state index in [1.54, 1.807) is 30.3 Å². The molecule has 1 aromatic carbocycles. The van der Waals surface area contributed by atoms with Crippen molar-refractivity contribution in [2.75, 3.05) is 5.88 Å². The molecule has 0 aromatic heterocycles. The van der Waals surface area contributed by atoms with Crippen molar-refractivity contribution < 1.29 is 24.4 Å². The standard InChI is InChI=1S/C17H23ClN4O5/c1-10(15(19)24)20-16(25)11(2)21-17(26)13(22(27)14(23)9-18)8-12-6-4-3-5-7-12/h3-7,10-11,13,27H,8-9H2,1-2H3,(H2,19,24)(H,20,25)(H,21,26)/t10-,11-,13-/m0/s1. The number of hydrogen-bond acceptors (Lipinski definition) is 5. The fourth-order valence-electron chi connectivity index (χ4n) is 2.15. The first-order valence-electron chi connectivity index (χ1n) is 8.18. The Morgan fingerprint density at radius 3 is 2.15 bits per heavy atom. The van der Waals surface area contributed by atoms with Crippen LogP contribution in [-0.2, 0) is 25.6 Å². The van der Waals surface area contributed by atoms with E-state index in [9.17, 15) is 24.4 Å². The van der Waals surface area contributed by atoms with Crippen molar-refractivity contribution in [2.45, 2.75) is 38.4 Å². The largest absolute Gasteiger partial charge is 0.368 e. The van der Waals surface area contributed by atoms with Crippen LogP contribution in [0.5, 0.6) is 0 Å². The fourth-order valence-corrected chi connectivity index (χ4v) is 2.27. The molecule has 1 aromatic rings. The predicted octanol–water partition coefficient (Wildman–Crippen LogP) is -0.451. The normalized spacial score (nSPS) is 13.8. The Bertz CT molecular complexity index is 685. The number of nitrogens with zero attached hydrogens (tertiary/aromatic N) is 1. The summed E-state index contributed by atoms with van der Waals surface area (Å²) in [5, 5.41) is 15.1. The van der Waals surface area contributed by atoms with Gasteiger partial charge in [-0.2, -0.15) is 0 Å². The van der Waals surface area contributed by atoms with Crippen LogP contribution in [0, 0.1) is 0 Å². The number of rotatable bonds is 9. The number of halogens is 1. The minimum absolute atomic E-state index is 0.0117. The topological polar surface area (TPSA) is 142 Å². The predicted molar refractivity (Wildman–Crippen MR) is 97.7 cm³/mol. The Morgan fingerprint density at radius 1 is 1.07 bits per heavy atom. The number of primary amides is 1. The third-order valence-electron chi connectivity index (χ3n) is 3.78. The van der Waals surface area contributed by atoms with E-state index in [0.717, 1.165) is 0 Å². The smallest absolute Gasteiger partial charge is 0.261 e. The first-order chi connectivity index (χ1) is 12.7. The third-order valence-corrected chi connectivity index (χ3v) is 4.01. The molecule has 0 saturated carbocycles. The molecule has 0 aliphatic rings. The van der Waals surface area contributed by atoms with Crippen LogP contribution in [0.3, 0.4) is 0 Å². The molecule has 27 heavy (non-hydrogen) atoms. The summed E-state index contributed by atoms with van der Waals surface area (Å²) in [6.45, 7) is 2.80. The van der Waals surface area contributed by atoms with Crippen molar-refractivity contribution in [3.05, 3.63) is 35.9 Å². The summed E-state index contributed by atoms with van der Waals surface area (Å²) in [6.07, 6.45) is 0.0117. The van der Waals surface area contributed by atoms with Gasteiger partial charge in [0.1, 0.15) is 24.0 Å². The Labute approximate surface area is 161 Å². The maximum absolute atomic E-state index is 12.6. The van der Waals surface area contributed by atoms with Gasteiger partial charge in [0.25, 0.3) is 5.91 Å². The van der Waals surface area contributed by atoms with Gasteiger partial charge in [0.05, 0.1) is 0 Å². The lowest BCUT2D eigenvalue weighted by molar-refractivity contribution is -0.177. The molecule has 10 heteroatoms. The van der Waals surface area contributed by atoms with E-state index < -0.39 is 47.6 Å². The zero-order chi connectivity index (χ0) is 20.6. The maximum Gasteiger partial charge on any atom is 0.261 e. The van der Waals surface area contributed by atoms with Crippen LogP contribution in [0.15, 0.2) is 30.3 Å². The lowest BCUT2D eigenvalue weighted by atomic mass is 10.0. The number of benzene rings is 1. The first-order valence-corrected chi connectivity index (χ1v) is 8.71. The van der Waals surface area contributed by atoms with Crippen LogP contribution >= 0.6 is 11.6 Å². The van der Waals surface area contributed by atoms with Crippen molar-refractivity contribution in [3.8, 4) is 0 Å². The highest BCUT2D eigenvalue weighted by molar-refractivity contribution is 6.27. The van der Waals surface area contributed by atoms with Gasteiger partial charge >= 0.3 is 0 Å². The number of hydroxylamine groups is 2. The second kappa shape index (κ2) is 10.5. The highest BCUT2D eigenvalue weighted by Crippen LogP contribution is 2.09. The molecule has 1 rings (SSSR count). The van der Waals surface area contributed by atoms with Crippen LogP contribution in [-0.4, -0.2) is 57.9 Å². The van der Waals surface area contributed by atoms with Crippen LogP contribution in [0.2, 0.25) is 0 Å². The average Bonchev–Trinajstić information content (AvgIpc) is 2.65. The molecule has 0 bridgehead atoms. The van der Waals surface area contributed by atoms with Gasteiger partial charge in [-0.05, 0) is 19.4 Å². The minimum Gasteiger partial charge on any atom is -0.368 e. The molecule has 148 valence electrons. The Morgan fingerprint density at radius 2 is 1.63 bits per heavy atom. The van der Waals surface area contributed by atoms with Gasteiger partial charge < -0.3 is 16.4 Å². The van der Waals surface area contributed by atoms with Crippen molar-refractivity contribution in [3.63, 3.8) is 0 Å². The second-order valence-electron chi connectivity index (χ2n) is 5.94. The number of amides is 4. The van der Waals surface area contributed by atoms with Crippen molar-refractivity contribution >= 4 is 35.2 Å². The fraction of sp³-hybridized carbons (Fsp3) is 0.412. The van der Waals surface area contributed by atoms with Crippen molar-refractivity contribution in [1.82, 2.24) is 15.7 Å². The van der Waals surface area contributed by atoms with Crippen LogP contribution in [0.1, 0.15) is 19.4 Å². The summed E-state index contributed by atoms with van der Waals surface area (Å²) in [7, 11) is 0. The van der Waals surface area contributed by atoms with Gasteiger partial charge in [0.15, 0.2) is 0 Å². The molecular weight excluding hydrogens is 376 g/mol. The summed E-state index contributed by atoms with van der Waals surface area (Å²) in [6, 6.07) is 5.50. The van der Waals surface area contributed by atoms with Gasteiger partial charge in [0, 0.05) is 6.42 Å². The number of hydrogen-bond donors (Lipinski definition) is 4. The van der Waals surface area contributed by atoms with E-state index in [1.165, 1.54) is 13.8 Å². The number of alkyl halides is 1. The lowest BCUT2D eigenvalue weighted by Gasteiger charge is -2.26. The molecule has 0 unspecified atom stereocenters. The average molecular weight is 399 g/mol. The zero-order valence-corrected chi connectivity index (χ0v) is 15.8. The zero-order valence-electron chi connectivity index (χ0n) is 15.0. The molecule has 0 radical (unpaired) electrons. The molecule has 0 heterocycles. The molecule has 0 aliphatic heterocycles. The highest BCUT2D eigenvalue weighted by atomic mass is 35.5. The Balaban J connectivity index is 2.87. The molecule has 0 fully saturated rings. The molecule has 9 nitrogen and oxygen atoms in total. The minimum atomic E-state index is -1.29. The summed E-state index contributed by atoms with van der Waals surface area (Å²) >= 11 is 5.45. The molecule has 0 saturated heterocycles. The van der Waals surface area contributed by atoms with E-state index >= 15 is 0 Å². The lowest BCUT2D eigenvalue weighted by Crippen LogP contribution is -2.55.